The number of carbonyl (C=O) groups is 1. The molecule has 1 N–H and O–H groups in total. The molecule has 0 saturated carbocycles. The molecule has 3 heterocycles. The Balaban J connectivity index is 2.07. The van der Waals surface area contributed by atoms with E-state index in [0.29, 0.717) is 30.4 Å². The molecule has 2 aromatic rings. The molecule has 0 amide bonds. The number of rotatable bonds is 2. The van der Waals surface area contributed by atoms with Crippen LogP contribution in [0.5, 0.6) is 0 Å². The molecule has 0 spiro atoms. The van der Waals surface area contributed by atoms with Crippen molar-refractivity contribution in [3.8, 4) is 11.4 Å². The Morgan fingerprint density at radius 3 is 2.84 bits per heavy atom. The Bertz CT molecular complexity index is 624. The number of imidazole rings is 1. The van der Waals surface area contributed by atoms with Crippen LogP contribution >= 0.6 is 11.6 Å². The van der Waals surface area contributed by atoms with Crippen LogP contribution in [-0.2, 0) is 17.8 Å². The van der Waals surface area contributed by atoms with Crippen LogP contribution in [0.25, 0.3) is 11.4 Å². The molecule has 1 unspecified atom stereocenters. The van der Waals surface area contributed by atoms with Gasteiger partial charge < -0.3 is 9.67 Å². The summed E-state index contributed by atoms with van der Waals surface area (Å²) in [6, 6.07) is 3.69. The zero-order valence-corrected chi connectivity index (χ0v) is 10.8. The van der Waals surface area contributed by atoms with Crippen molar-refractivity contribution in [2.24, 2.45) is 5.92 Å². The van der Waals surface area contributed by atoms with Crippen LogP contribution in [0.4, 0.5) is 0 Å². The summed E-state index contributed by atoms with van der Waals surface area (Å²) in [5.41, 5.74) is 1.82. The van der Waals surface area contributed by atoms with E-state index in [1.54, 1.807) is 12.4 Å². The van der Waals surface area contributed by atoms with Gasteiger partial charge in [-0.3, -0.25) is 9.78 Å². The summed E-state index contributed by atoms with van der Waals surface area (Å²) < 4.78 is 1.92. The van der Waals surface area contributed by atoms with Crippen molar-refractivity contribution in [2.45, 2.75) is 19.4 Å². The van der Waals surface area contributed by atoms with E-state index < -0.39 is 5.97 Å². The van der Waals surface area contributed by atoms with Crippen LogP contribution < -0.4 is 0 Å². The number of nitrogens with zero attached hydrogens (tertiary/aromatic N) is 3. The van der Waals surface area contributed by atoms with E-state index in [4.69, 9.17) is 16.7 Å². The van der Waals surface area contributed by atoms with Gasteiger partial charge in [0.05, 0.1) is 11.6 Å². The summed E-state index contributed by atoms with van der Waals surface area (Å²) >= 11 is 6.15. The van der Waals surface area contributed by atoms with Gasteiger partial charge in [0.2, 0.25) is 0 Å². The summed E-state index contributed by atoms with van der Waals surface area (Å²) in [5, 5.41) is 9.62. The second-order valence-electron chi connectivity index (χ2n) is 4.59. The average Bonchev–Trinajstić information content (AvgIpc) is 2.77. The Hall–Kier alpha value is -1.88. The molecule has 98 valence electrons. The number of hydrogen-bond acceptors (Lipinski definition) is 3. The summed E-state index contributed by atoms with van der Waals surface area (Å²) in [4.78, 5) is 19.5. The van der Waals surface area contributed by atoms with Crippen molar-refractivity contribution in [3.05, 3.63) is 35.4 Å². The minimum Gasteiger partial charge on any atom is -0.481 e. The second kappa shape index (κ2) is 4.66. The predicted octanol–water partition coefficient (Wildman–Crippen LogP) is 2.25. The molecule has 0 aromatic carbocycles. The summed E-state index contributed by atoms with van der Waals surface area (Å²) in [7, 11) is 0. The highest BCUT2D eigenvalue weighted by Gasteiger charge is 2.28. The maximum atomic E-state index is 11.1. The number of fused-ring (bicyclic) bond motifs is 1. The van der Waals surface area contributed by atoms with Crippen LogP contribution in [0.1, 0.15) is 12.1 Å². The molecule has 19 heavy (non-hydrogen) atoms. The minimum atomic E-state index is -0.767. The Morgan fingerprint density at radius 2 is 2.16 bits per heavy atom. The lowest BCUT2D eigenvalue weighted by Crippen LogP contribution is -2.26. The molecular weight excluding hydrogens is 266 g/mol. The first kappa shape index (κ1) is 12.2. The zero-order valence-electron chi connectivity index (χ0n) is 10.1. The number of carboxylic acid groups (broad SMARTS) is 1. The second-order valence-corrected chi connectivity index (χ2v) is 4.95. The number of aliphatic carboxylic acids is 1. The number of aromatic nitrogens is 3. The summed E-state index contributed by atoms with van der Waals surface area (Å²) in [5.74, 6) is -0.428. The molecule has 0 fully saturated rings. The molecule has 6 heteroatoms. The molecule has 0 bridgehead atoms. The predicted molar refractivity (Wildman–Crippen MR) is 69.9 cm³/mol. The highest BCUT2D eigenvalue weighted by atomic mass is 35.5. The third-order valence-electron chi connectivity index (χ3n) is 3.44. The van der Waals surface area contributed by atoms with Gasteiger partial charge in [-0.1, -0.05) is 11.6 Å². The number of halogens is 1. The van der Waals surface area contributed by atoms with Gasteiger partial charge in [0.15, 0.2) is 5.15 Å². The van der Waals surface area contributed by atoms with Gasteiger partial charge >= 0.3 is 5.97 Å². The molecule has 0 saturated heterocycles. The van der Waals surface area contributed by atoms with Crippen molar-refractivity contribution in [2.75, 3.05) is 0 Å². The van der Waals surface area contributed by atoms with Gasteiger partial charge in [-0.25, -0.2) is 4.98 Å². The standard InChI is InChI=1S/C13H12ClN3O2/c14-11-10-2-1-9(13(18)19)7-17(10)12(16-11)8-3-5-15-6-4-8/h3-6,9H,1-2,7H2,(H,18,19). The molecule has 5 nitrogen and oxygen atoms in total. The lowest BCUT2D eigenvalue weighted by molar-refractivity contribution is -0.142. The molecular formula is C13H12ClN3O2. The third kappa shape index (κ3) is 2.10. The van der Waals surface area contributed by atoms with Crippen LogP contribution in [0.15, 0.2) is 24.5 Å². The van der Waals surface area contributed by atoms with E-state index in [1.807, 2.05) is 16.7 Å². The highest BCUT2D eigenvalue weighted by Crippen LogP contribution is 2.31. The van der Waals surface area contributed by atoms with Crippen molar-refractivity contribution >= 4 is 17.6 Å². The van der Waals surface area contributed by atoms with E-state index in [2.05, 4.69) is 9.97 Å². The van der Waals surface area contributed by atoms with Crippen molar-refractivity contribution < 1.29 is 9.90 Å². The fraction of sp³-hybridized carbons (Fsp3) is 0.308. The summed E-state index contributed by atoms with van der Waals surface area (Å²) in [6.07, 6.45) is 4.62. The molecule has 0 aliphatic carbocycles. The Labute approximate surface area is 114 Å². The van der Waals surface area contributed by atoms with Crippen molar-refractivity contribution in [3.63, 3.8) is 0 Å². The molecule has 1 aliphatic rings. The van der Waals surface area contributed by atoms with Gasteiger partial charge in [0, 0.05) is 24.5 Å². The van der Waals surface area contributed by atoms with Gasteiger partial charge in [-0.15, -0.1) is 0 Å². The zero-order chi connectivity index (χ0) is 13.4. The summed E-state index contributed by atoms with van der Waals surface area (Å²) in [6.45, 7) is 0.419. The number of hydrogen-bond donors (Lipinski definition) is 1. The van der Waals surface area contributed by atoms with E-state index in [0.717, 1.165) is 11.3 Å². The first-order valence-corrected chi connectivity index (χ1v) is 6.42. The maximum absolute atomic E-state index is 11.1. The fourth-order valence-electron chi connectivity index (χ4n) is 2.44. The smallest absolute Gasteiger partial charge is 0.308 e. The molecule has 3 rings (SSSR count). The number of pyridine rings is 1. The van der Waals surface area contributed by atoms with E-state index in [-0.39, 0.29) is 5.92 Å². The van der Waals surface area contributed by atoms with Crippen molar-refractivity contribution in [1.29, 1.82) is 0 Å². The molecule has 1 aliphatic heterocycles. The van der Waals surface area contributed by atoms with Gasteiger partial charge in [-0.2, -0.15) is 0 Å². The average molecular weight is 278 g/mol. The van der Waals surface area contributed by atoms with Gasteiger partial charge in [-0.05, 0) is 25.0 Å². The Morgan fingerprint density at radius 1 is 1.42 bits per heavy atom. The maximum Gasteiger partial charge on any atom is 0.308 e. The SMILES string of the molecule is O=C(O)C1CCc2c(Cl)nc(-c3ccncc3)n2C1. The van der Waals surface area contributed by atoms with Crippen LogP contribution in [0.2, 0.25) is 5.15 Å². The quantitative estimate of drug-likeness (QED) is 0.914. The lowest BCUT2D eigenvalue weighted by Gasteiger charge is -2.22. The largest absolute Gasteiger partial charge is 0.481 e. The van der Waals surface area contributed by atoms with Gasteiger partial charge in [0.1, 0.15) is 5.82 Å². The monoisotopic (exact) mass is 277 g/mol. The van der Waals surface area contributed by atoms with Crippen LogP contribution in [0.3, 0.4) is 0 Å². The highest BCUT2D eigenvalue weighted by molar-refractivity contribution is 6.30. The normalized spacial score (nSPS) is 18.1. The fourth-order valence-corrected chi connectivity index (χ4v) is 2.71. The van der Waals surface area contributed by atoms with E-state index in [1.165, 1.54) is 0 Å². The third-order valence-corrected chi connectivity index (χ3v) is 3.75. The van der Waals surface area contributed by atoms with E-state index in [9.17, 15) is 4.79 Å². The van der Waals surface area contributed by atoms with Crippen LogP contribution in [-0.4, -0.2) is 25.6 Å². The topological polar surface area (TPSA) is 68.0 Å². The molecule has 2 aromatic heterocycles. The van der Waals surface area contributed by atoms with Crippen molar-refractivity contribution in [1.82, 2.24) is 14.5 Å². The Kier molecular flexibility index (Phi) is 2.98. The molecule has 1 atom stereocenters. The molecule has 0 radical (unpaired) electrons. The van der Waals surface area contributed by atoms with Gasteiger partial charge in [0.25, 0.3) is 0 Å². The first-order chi connectivity index (χ1) is 9.16. The van der Waals surface area contributed by atoms with E-state index >= 15 is 0 Å². The number of carboxylic acids is 1. The first-order valence-electron chi connectivity index (χ1n) is 6.05. The van der Waals surface area contributed by atoms with Crippen LogP contribution in [0, 0.1) is 5.92 Å². The minimum absolute atomic E-state index is 0.377. The lowest BCUT2D eigenvalue weighted by atomic mass is 9.98.